The second kappa shape index (κ2) is 10.8. The van der Waals surface area contributed by atoms with E-state index in [9.17, 15) is 32.7 Å². The summed E-state index contributed by atoms with van der Waals surface area (Å²) >= 11 is 6.48. The van der Waals surface area contributed by atoms with E-state index in [0.29, 0.717) is 62.9 Å². The second-order valence-corrected chi connectivity index (χ2v) is 10.1. The maximum atomic E-state index is 13.6. The summed E-state index contributed by atoms with van der Waals surface area (Å²) in [5, 5.41) is 32.6. The molecule has 13 heteroatoms. The lowest BCUT2D eigenvalue weighted by Crippen LogP contribution is -2.53. The van der Waals surface area contributed by atoms with Crippen LogP contribution in [0.4, 0.5) is 18.9 Å². The van der Waals surface area contributed by atoms with Gasteiger partial charge in [-0.15, -0.1) is 0 Å². The molecule has 1 aliphatic carbocycles. The Morgan fingerprint density at radius 3 is 2.42 bits per heavy atom. The minimum Gasteiger partial charge on any atom is -0.481 e. The molecule has 0 saturated heterocycles. The van der Waals surface area contributed by atoms with E-state index in [2.05, 4.69) is 10.6 Å². The minimum absolute atomic E-state index is 0.00139. The molecule has 2 aromatic rings. The maximum Gasteiger partial charge on any atom is 0.303 e. The summed E-state index contributed by atoms with van der Waals surface area (Å²) in [6.07, 6.45) is 1.87. The molecule has 5 N–H and O–H groups in total. The first-order valence-corrected chi connectivity index (χ1v) is 12.4. The highest BCUT2D eigenvalue weighted by Crippen LogP contribution is 2.38. The SMILES string of the molecule is N=CC1(NC(=O)C(O)c2c(Cl)c(C(=O)Nc3cc(F)c(F)c(F)c3)c3n2CCC3)CCC(CC(=O)O)CC1. The maximum absolute atomic E-state index is 13.6. The van der Waals surface area contributed by atoms with Crippen molar-refractivity contribution in [2.24, 2.45) is 5.92 Å². The van der Waals surface area contributed by atoms with Crippen molar-refractivity contribution < 1.29 is 37.8 Å². The highest BCUT2D eigenvalue weighted by Gasteiger charge is 2.40. The number of amides is 2. The average Bonchev–Trinajstić information content (AvgIpc) is 3.42. The number of halogens is 4. The summed E-state index contributed by atoms with van der Waals surface area (Å²) in [7, 11) is 0. The molecule has 2 heterocycles. The van der Waals surface area contributed by atoms with E-state index >= 15 is 0 Å². The first-order valence-electron chi connectivity index (χ1n) is 12.1. The predicted molar refractivity (Wildman–Crippen MR) is 131 cm³/mol. The molecule has 0 radical (unpaired) electrons. The van der Waals surface area contributed by atoms with E-state index in [-0.39, 0.29) is 34.3 Å². The molecular formula is C25H26ClF3N4O5. The van der Waals surface area contributed by atoms with Crippen molar-refractivity contribution >= 4 is 41.3 Å². The number of rotatable bonds is 8. The first kappa shape index (κ1) is 27.6. The summed E-state index contributed by atoms with van der Waals surface area (Å²) < 4.78 is 42.0. The highest BCUT2D eigenvalue weighted by molar-refractivity contribution is 6.35. The largest absolute Gasteiger partial charge is 0.481 e. The number of fused-ring (bicyclic) bond motifs is 1. The van der Waals surface area contributed by atoms with E-state index in [1.165, 1.54) is 0 Å². The van der Waals surface area contributed by atoms with Gasteiger partial charge in [0.25, 0.3) is 11.8 Å². The lowest BCUT2D eigenvalue weighted by atomic mass is 9.76. The number of aliphatic carboxylic acids is 1. The molecule has 1 aromatic carbocycles. The lowest BCUT2D eigenvalue weighted by molar-refractivity contribution is -0.138. The van der Waals surface area contributed by atoms with Crippen LogP contribution < -0.4 is 10.6 Å². The van der Waals surface area contributed by atoms with Crippen molar-refractivity contribution in [2.45, 2.75) is 63.1 Å². The number of aromatic nitrogens is 1. The van der Waals surface area contributed by atoms with Gasteiger partial charge in [-0.25, -0.2) is 13.2 Å². The highest BCUT2D eigenvalue weighted by atomic mass is 35.5. The number of carbonyl (C=O) groups excluding carboxylic acids is 2. The van der Waals surface area contributed by atoms with Crippen molar-refractivity contribution in [2.75, 3.05) is 5.32 Å². The number of carboxylic acid groups (broad SMARTS) is 1. The number of benzene rings is 1. The Labute approximate surface area is 220 Å². The van der Waals surface area contributed by atoms with E-state index < -0.39 is 46.9 Å². The van der Waals surface area contributed by atoms with Gasteiger partial charge in [-0.3, -0.25) is 14.4 Å². The monoisotopic (exact) mass is 554 g/mol. The van der Waals surface area contributed by atoms with Gasteiger partial charge >= 0.3 is 5.97 Å². The molecule has 1 aliphatic heterocycles. The fourth-order valence-corrected chi connectivity index (χ4v) is 5.68. The van der Waals surface area contributed by atoms with Crippen LogP contribution in [0, 0.1) is 28.8 Å². The number of nitrogens with one attached hydrogen (secondary N) is 3. The number of aliphatic hydroxyl groups is 1. The van der Waals surface area contributed by atoms with Crippen molar-refractivity contribution in [1.82, 2.24) is 9.88 Å². The lowest BCUT2D eigenvalue weighted by Gasteiger charge is -2.38. The molecule has 204 valence electrons. The van der Waals surface area contributed by atoms with E-state index in [1.807, 2.05) is 0 Å². The van der Waals surface area contributed by atoms with Crippen molar-refractivity contribution in [1.29, 1.82) is 5.41 Å². The van der Waals surface area contributed by atoms with Crippen molar-refractivity contribution in [3.63, 3.8) is 0 Å². The Kier molecular flexibility index (Phi) is 7.84. The van der Waals surface area contributed by atoms with Crippen LogP contribution in [0.2, 0.25) is 5.02 Å². The summed E-state index contributed by atoms with van der Waals surface area (Å²) in [4.78, 5) is 37.1. The van der Waals surface area contributed by atoms with Crippen LogP contribution in [0.15, 0.2) is 12.1 Å². The molecule has 38 heavy (non-hydrogen) atoms. The fourth-order valence-electron chi connectivity index (χ4n) is 5.28. The Hall–Kier alpha value is -3.38. The fraction of sp³-hybridized carbons (Fsp3) is 0.440. The summed E-state index contributed by atoms with van der Waals surface area (Å²) in [5.74, 6) is -7.33. The molecule has 1 atom stereocenters. The van der Waals surface area contributed by atoms with Crippen LogP contribution in [-0.2, 0) is 22.6 Å². The van der Waals surface area contributed by atoms with Gasteiger partial charge < -0.3 is 30.8 Å². The quantitative estimate of drug-likeness (QED) is 0.248. The molecule has 1 aromatic heterocycles. The molecule has 2 amide bonds. The molecular weight excluding hydrogens is 529 g/mol. The minimum atomic E-state index is -1.80. The molecule has 1 fully saturated rings. The number of hydrogen-bond donors (Lipinski definition) is 5. The van der Waals surface area contributed by atoms with Gasteiger partial charge in [-0.1, -0.05) is 11.6 Å². The van der Waals surface area contributed by atoms with E-state index in [1.54, 1.807) is 4.57 Å². The Morgan fingerprint density at radius 2 is 1.84 bits per heavy atom. The predicted octanol–water partition coefficient (Wildman–Crippen LogP) is 3.96. The molecule has 0 spiro atoms. The average molecular weight is 555 g/mol. The zero-order valence-electron chi connectivity index (χ0n) is 20.1. The third kappa shape index (κ3) is 5.28. The summed E-state index contributed by atoms with van der Waals surface area (Å²) in [5.41, 5.74) is -1.08. The Balaban J connectivity index is 1.55. The molecule has 9 nitrogen and oxygen atoms in total. The smallest absolute Gasteiger partial charge is 0.303 e. The Morgan fingerprint density at radius 1 is 1.21 bits per heavy atom. The topological polar surface area (TPSA) is 145 Å². The van der Waals surface area contributed by atoms with Gasteiger partial charge in [0.05, 0.1) is 21.8 Å². The van der Waals surface area contributed by atoms with Gasteiger partial charge in [0, 0.05) is 42.7 Å². The zero-order chi connectivity index (χ0) is 27.8. The molecule has 0 bridgehead atoms. The Bertz CT molecular complexity index is 1280. The van der Waals surface area contributed by atoms with Crippen LogP contribution in [0.1, 0.15) is 66.4 Å². The van der Waals surface area contributed by atoms with Crippen LogP contribution in [0.5, 0.6) is 0 Å². The van der Waals surface area contributed by atoms with Crippen LogP contribution in [0.25, 0.3) is 0 Å². The normalized spacial score (nSPS) is 21.4. The van der Waals surface area contributed by atoms with Gasteiger partial charge in [-0.2, -0.15) is 0 Å². The van der Waals surface area contributed by atoms with E-state index in [4.69, 9.17) is 22.1 Å². The third-order valence-electron chi connectivity index (χ3n) is 7.23. The number of carboxylic acids is 1. The van der Waals surface area contributed by atoms with Crippen LogP contribution in [0.3, 0.4) is 0 Å². The van der Waals surface area contributed by atoms with Crippen molar-refractivity contribution in [3.8, 4) is 0 Å². The molecule has 4 rings (SSSR count). The first-order chi connectivity index (χ1) is 18.0. The molecule has 2 aliphatic rings. The molecule has 1 unspecified atom stereocenters. The van der Waals surface area contributed by atoms with Gasteiger partial charge in [0.15, 0.2) is 23.6 Å². The molecule has 1 saturated carbocycles. The number of nitrogens with zero attached hydrogens (tertiary/aromatic N) is 1. The number of carbonyl (C=O) groups is 3. The van der Waals surface area contributed by atoms with Gasteiger partial charge in [0.2, 0.25) is 0 Å². The van der Waals surface area contributed by atoms with Crippen molar-refractivity contribution in [3.05, 3.63) is 51.6 Å². The summed E-state index contributed by atoms with van der Waals surface area (Å²) in [6, 6.07) is 1.23. The second-order valence-electron chi connectivity index (χ2n) is 9.72. The summed E-state index contributed by atoms with van der Waals surface area (Å²) in [6.45, 7) is 0.356. The van der Waals surface area contributed by atoms with Gasteiger partial charge in [0.1, 0.15) is 0 Å². The number of hydrogen-bond acceptors (Lipinski definition) is 5. The van der Waals surface area contributed by atoms with E-state index in [0.717, 1.165) is 6.21 Å². The van der Waals surface area contributed by atoms with Crippen LogP contribution in [-0.4, -0.2) is 44.3 Å². The zero-order valence-corrected chi connectivity index (χ0v) is 20.9. The standard InChI is InChI=1S/C25H26ClF3N4O5/c26-19-18(23(37)31-13-9-14(27)20(29)15(28)10-13)16-2-1-7-33(16)21(19)22(36)24(38)32-25(11-30)5-3-12(4-6-25)8-17(34)35/h9-12,22,30,36H,1-8H2,(H,31,37)(H,32,38)(H,34,35). The number of aliphatic hydroxyl groups excluding tert-OH is 1. The number of anilines is 1. The van der Waals surface area contributed by atoms with Gasteiger partial charge in [-0.05, 0) is 44.4 Å². The third-order valence-corrected chi connectivity index (χ3v) is 7.61. The van der Waals surface area contributed by atoms with Crippen LogP contribution >= 0.6 is 11.6 Å².